The van der Waals surface area contributed by atoms with Crippen LogP contribution in [0, 0.1) is 5.92 Å². The molecule has 104 valence electrons. The highest BCUT2D eigenvalue weighted by molar-refractivity contribution is 5.69. The second-order valence-corrected chi connectivity index (χ2v) is 6.56. The van der Waals surface area contributed by atoms with Gasteiger partial charge in [-0.25, -0.2) is 4.79 Å². The fourth-order valence-corrected chi connectivity index (χ4v) is 2.79. The summed E-state index contributed by atoms with van der Waals surface area (Å²) in [6.45, 7) is 6.33. The molecule has 1 aliphatic heterocycles. The van der Waals surface area contributed by atoms with Crippen molar-refractivity contribution >= 4 is 6.09 Å². The molecular weight excluding hydrogens is 230 g/mol. The van der Waals surface area contributed by atoms with Crippen LogP contribution in [-0.2, 0) is 4.74 Å². The van der Waals surface area contributed by atoms with E-state index in [0.29, 0.717) is 12.5 Å². The fourth-order valence-electron chi connectivity index (χ4n) is 2.79. The van der Waals surface area contributed by atoms with E-state index in [9.17, 15) is 9.90 Å². The molecule has 4 heteroatoms. The number of ether oxygens (including phenoxy) is 1. The Balaban J connectivity index is 1.96. The number of carbonyl (C=O) groups excluding carboxylic acids is 1. The van der Waals surface area contributed by atoms with Gasteiger partial charge in [0.15, 0.2) is 0 Å². The van der Waals surface area contributed by atoms with Crippen molar-refractivity contribution in [1.29, 1.82) is 0 Å². The van der Waals surface area contributed by atoms with E-state index >= 15 is 0 Å². The summed E-state index contributed by atoms with van der Waals surface area (Å²) < 4.78 is 5.41. The summed E-state index contributed by atoms with van der Waals surface area (Å²) >= 11 is 0. The van der Waals surface area contributed by atoms with E-state index in [1.54, 1.807) is 4.90 Å². The van der Waals surface area contributed by atoms with E-state index in [1.807, 2.05) is 20.8 Å². The monoisotopic (exact) mass is 255 g/mol. The van der Waals surface area contributed by atoms with Crippen LogP contribution < -0.4 is 0 Å². The van der Waals surface area contributed by atoms with E-state index in [4.69, 9.17) is 4.74 Å². The molecule has 2 rings (SSSR count). The van der Waals surface area contributed by atoms with Gasteiger partial charge in [0.2, 0.25) is 0 Å². The molecule has 1 saturated heterocycles. The lowest BCUT2D eigenvalue weighted by Crippen LogP contribution is -2.48. The molecule has 2 atom stereocenters. The summed E-state index contributed by atoms with van der Waals surface area (Å²) in [5, 5.41) is 10.3. The first-order valence-corrected chi connectivity index (χ1v) is 7.06. The molecule has 2 fully saturated rings. The van der Waals surface area contributed by atoms with E-state index < -0.39 is 5.60 Å². The Hall–Kier alpha value is -0.770. The minimum Gasteiger partial charge on any atom is -0.444 e. The predicted molar refractivity (Wildman–Crippen MR) is 69.3 cm³/mol. The van der Waals surface area contributed by atoms with Gasteiger partial charge >= 0.3 is 6.09 Å². The summed E-state index contributed by atoms with van der Waals surface area (Å²) in [5.41, 5.74) is -0.467. The second kappa shape index (κ2) is 5.08. The standard InChI is InChI=1S/C14H25NO3/c1-14(2,3)18-13(17)15-9-5-8-11(15)12(16)10-6-4-7-10/h10-12,16H,4-9H2,1-3H3/t11-,12?/m0/s1. The van der Waals surface area contributed by atoms with Crippen molar-refractivity contribution in [2.45, 2.75) is 70.6 Å². The van der Waals surface area contributed by atoms with Gasteiger partial charge in [-0.05, 0) is 52.4 Å². The first-order chi connectivity index (χ1) is 8.38. The van der Waals surface area contributed by atoms with Crippen LogP contribution in [0.15, 0.2) is 0 Å². The Morgan fingerprint density at radius 1 is 1.28 bits per heavy atom. The van der Waals surface area contributed by atoms with Gasteiger partial charge in [0.25, 0.3) is 0 Å². The molecule has 0 bridgehead atoms. The van der Waals surface area contributed by atoms with E-state index in [0.717, 1.165) is 25.7 Å². The van der Waals surface area contributed by atoms with Crippen LogP contribution in [-0.4, -0.2) is 40.4 Å². The van der Waals surface area contributed by atoms with Crippen molar-refractivity contribution < 1.29 is 14.6 Å². The Morgan fingerprint density at radius 2 is 1.94 bits per heavy atom. The molecule has 1 heterocycles. The Bertz CT molecular complexity index is 307. The first kappa shape index (κ1) is 13.7. The molecule has 0 aromatic rings. The van der Waals surface area contributed by atoms with E-state index in [-0.39, 0.29) is 18.2 Å². The molecule has 2 aliphatic rings. The zero-order chi connectivity index (χ0) is 13.3. The zero-order valence-corrected chi connectivity index (χ0v) is 11.7. The highest BCUT2D eigenvalue weighted by Crippen LogP contribution is 2.35. The SMILES string of the molecule is CC(C)(C)OC(=O)N1CCC[C@H]1C(O)C1CCC1. The highest BCUT2D eigenvalue weighted by Gasteiger charge is 2.40. The number of hydrogen-bond donors (Lipinski definition) is 1. The van der Waals surface area contributed by atoms with Gasteiger partial charge in [0, 0.05) is 6.54 Å². The number of amides is 1. The molecule has 1 amide bonds. The Kier molecular flexibility index (Phi) is 3.85. The molecule has 1 unspecified atom stereocenters. The highest BCUT2D eigenvalue weighted by atomic mass is 16.6. The zero-order valence-electron chi connectivity index (χ0n) is 11.7. The third kappa shape index (κ3) is 2.97. The molecule has 18 heavy (non-hydrogen) atoms. The van der Waals surface area contributed by atoms with E-state index in [1.165, 1.54) is 6.42 Å². The van der Waals surface area contributed by atoms with Crippen molar-refractivity contribution in [3.63, 3.8) is 0 Å². The average Bonchev–Trinajstić information content (AvgIpc) is 2.59. The van der Waals surface area contributed by atoms with Gasteiger partial charge in [-0.1, -0.05) is 6.42 Å². The van der Waals surface area contributed by atoms with Gasteiger partial charge in [-0.3, -0.25) is 0 Å². The van der Waals surface area contributed by atoms with Gasteiger partial charge in [-0.2, -0.15) is 0 Å². The van der Waals surface area contributed by atoms with Crippen molar-refractivity contribution in [1.82, 2.24) is 4.90 Å². The quantitative estimate of drug-likeness (QED) is 0.825. The summed E-state index contributed by atoms with van der Waals surface area (Å²) in [5.74, 6) is 0.387. The summed E-state index contributed by atoms with van der Waals surface area (Å²) in [6.07, 6.45) is 4.63. The molecule has 0 radical (unpaired) electrons. The van der Waals surface area contributed by atoms with Crippen molar-refractivity contribution in [3.05, 3.63) is 0 Å². The first-order valence-electron chi connectivity index (χ1n) is 7.06. The predicted octanol–water partition coefficient (Wildman–Crippen LogP) is 2.55. The number of nitrogens with zero attached hydrogens (tertiary/aromatic N) is 1. The van der Waals surface area contributed by atoms with Crippen LogP contribution in [0.4, 0.5) is 4.79 Å². The lowest BCUT2D eigenvalue weighted by Gasteiger charge is -2.37. The number of aliphatic hydroxyl groups excluding tert-OH is 1. The maximum atomic E-state index is 12.1. The molecule has 0 aromatic heterocycles. The maximum Gasteiger partial charge on any atom is 0.410 e. The van der Waals surface area contributed by atoms with Crippen LogP contribution >= 0.6 is 0 Å². The van der Waals surface area contributed by atoms with Crippen LogP contribution in [0.1, 0.15) is 52.9 Å². The largest absolute Gasteiger partial charge is 0.444 e. The lowest BCUT2D eigenvalue weighted by molar-refractivity contribution is -0.0206. The average molecular weight is 255 g/mol. The second-order valence-electron chi connectivity index (χ2n) is 6.56. The van der Waals surface area contributed by atoms with Gasteiger partial charge in [-0.15, -0.1) is 0 Å². The van der Waals surface area contributed by atoms with Crippen molar-refractivity contribution in [2.24, 2.45) is 5.92 Å². The van der Waals surface area contributed by atoms with Crippen LogP contribution in [0.3, 0.4) is 0 Å². The number of likely N-dealkylation sites (tertiary alicyclic amines) is 1. The third-order valence-corrected chi connectivity index (χ3v) is 3.95. The van der Waals surface area contributed by atoms with Crippen molar-refractivity contribution in [2.75, 3.05) is 6.54 Å². The van der Waals surface area contributed by atoms with Crippen molar-refractivity contribution in [3.8, 4) is 0 Å². The third-order valence-electron chi connectivity index (χ3n) is 3.95. The summed E-state index contributed by atoms with van der Waals surface area (Å²) in [4.78, 5) is 13.8. The van der Waals surface area contributed by atoms with Crippen LogP contribution in [0.2, 0.25) is 0 Å². The molecule has 1 N–H and O–H groups in total. The molecule has 1 aliphatic carbocycles. The van der Waals surface area contributed by atoms with Crippen LogP contribution in [0.25, 0.3) is 0 Å². The minimum absolute atomic E-state index is 0.0369. The fraction of sp³-hybridized carbons (Fsp3) is 0.929. The van der Waals surface area contributed by atoms with Gasteiger partial charge < -0.3 is 14.7 Å². The molecule has 0 aromatic carbocycles. The van der Waals surface area contributed by atoms with E-state index in [2.05, 4.69) is 0 Å². The number of rotatable bonds is 2. The van der Waals surface area contributed by atoms with Gasteiger partial charge in [0.05, 0.1) is 12.1 Å². The lowest BCUT2D eigenvalue weighted by atomic mass is 9.78. The van der Waals surface area contributed by atoms with Crippen LogP contribution in [0.5, 0.6) is 0 Å². The topological polar surface area (TPSA) is 49.8 Å². The summed E-state index contributed by atoms with van der Waals surface area (Å²) in [6, 6.07) is -0.0369. The molecular formula is C14H25NO3. The molecule has 4 nitrogen and oxygen atoms in total. The smallest absolute Gasteiger partial charge is 0.410 e. The number of carbonyl (C=O) groups is 1. The number of hydrogen-bond acceptors (Lipinski definition) is 3. The minimum atomic E-state index is -0.467. The summed E-state index contributed by atoms with van der Waals surface area (Å²) in [7, 11) is 0. The Morgan fingerprint density at radius 3 is 2.44 bits per heavy atom. The maximum absolute atomic E-state index is 12.1. The van der Waals surface area contributed by atoms with Gasteiger partial charge in [0.1, 0.15) is 5.60 Å². The Labute approximate surface area is 109 Å². The normalized spacial score (nSPS) is 26.9. The number of aliphatic hydroxyl groups is 1. The molecule has 0 spiro atoms. The molecule has 1 saturated carbocycles.